The molecule has 1 N–H and O–H groups in total. The van der Waals surface area contributed by atoms with Gasteiger partial charge >= 0.3 is 0 Å². The van der Waals surface area contributed by atoms with E-state index < -0.39 is 0 Å². The number of nitrogens with zero attached hydrogens (tertiary/aromatic N) is 2. The molecule has 1 atom stereocenters. The molecular weight excluding hydrogens is 246 g/mol. The molecule has 0 saturated carbocycles. The molecule has 0 saturated heterocycles. The summed E-state index contributed by atoms with van der Waals surface area (Å²) in [5.41, 5.74) is 3.40. The van der Waals surface area contributed by atoms with E-state index in [1.165, 1.54) is 5.56 Å². The van der Waals surface area contributed by atoms with Gasteiger partial charge in [0.2, 0.25) is 0 Å². The fraction of sp³-hybridized carbons (Fsp3) is 0.412. The molecule has 1 heterocycles. The minimum atomic E-state index is 0.338. The van der Waals surface area contributed by atoms with Crippen molar-refractivity contribution in [2.24, 2.45) is 5.92 Å². The van der Waals surface area contributed by atoms with E-state index in [0.29, 0.717) is 11.8 Å². The second kappa shape index (κ2) is 6.62. The summed E-state index contributed by atoms with van der Waals surface area (Å²) in [5, 5.41) is 3.23. The fourth-order valence-corrected chi connectivity index (χ4v) is 2.28. The maximum atomic E-state index is 4.76. The minimum absolute atomic E-state index is 0.338. The highest BCUT2D eigenvalue weighted by Gasteiger charge is 2.18. The van der Waals surface area contributed by atoms with Crippen molar-refractivity contribution < 1.29 is 0 Å². The van der Waals surface area contributed by atoms with Gasteiger partial charge in [-0.3, -0.25) is 0 Å². The summed E-state index contributed by atoms with van der Waals surface area (Å²) in [5.74, 6) is 1.77. The second-order valence-corrected chi connectivity index (χ2v) is 5.57. The molecule has 3 nitrogen and oxygen atoms in total. The summed E-state index contributed by atoms with van der Waals surface area (Å²) in [7, 11) is 1.97. The highest BCUT2D eigenvalue weighted by molar-refractivity contribution is 5.58. The molecule has 1 aromatic carbocycles. The number of nitrogens with one attached hydrogen (secondary N) is 1. The summed E-state index contributed by atoms with van der Waals surface area (Å²) >= 11 is 0. The Morgan fingerprint density at radius 1 is 1.10 bits per heavy atom. The molecule has 0 radical (unpaired) electrons. The first-order valence-electron chi connectivity index (χ1n) is 7.16. The van der Waals surface area contributed by atoms with Crippen LogP contribution in [-0.2, 0) is 0 Å². The smallest absolute Gasteiger partial charge is 0.133 e. The molecule has 1 aromatic heterocycles. The van der Waals surface area contributed by atoms with E-state index in [4.69, 9.17) is 4.98 Å². The summed E-state index contributed by atoms with van der Waals surface area (Å²) < 4.78 is 0. The van der Waals surface area contributed by atoms with Crippen LogP contribution in [0.5, 0.6) is 0 Å². The lowest BCUT2D eigenvalue weighted by Gasteiger charge is -2.19. The van der Waals surface area contributed by atoms with E-state index >= 15 is 0 Å². The first-order valence-corrected chi connectivity index (χ1v) is 7.16. The van der Waals surface area contributed by atoms with Gasteiger partial charge in [-0.1, -0.05) is 43.7 Å². The van der Waals surface area contributed by atoms with Gasteiger partial charge in [0.25, 0.3) is 0 Å². The van der Waals surface area contributed by atoms with E-state index in [-0.39, 0.29) is 0 Å². The Morgan fingerprint density at radius 3 is 2.40 bits per heavy atom. The molecule has 106 valence electrons. The summed E-state index contributed by atoms with van der Waals surface area (Å²) in [6.45, 7) is 7.42. The molecule has 0 fully saturated rings. The van der Waals surface area contributed by atoms with Crippen molar-refractivity contribution in [3.8, 4) is 11.3 Å². The molecule has 3 heteroatoms. The maximum absolute atomic E-state index is 4.76. The lowest BCUT2D eigenvalue weighted by Crippen LogP contribution is -2.23. The van der Waals surface area contributed by atoms with E-state index in [9.17, 15) is 0 Å². The van der Waals surface area contributed by atoms with Crippen LogP contribution in [0.25, 0.3) is 11.3 Å². The van der Waals surface area contributed by atoms with Gasteiger partial charge in [-0.25, -0.2) is 9.97 Å². The Hall–Kier alpha value is -1.74. The second-order valence-electron chi connectivity index (χ2n) is 5.57. The number of hydrogen-bond acceptors (Lipinski definition) is 3. The van der Waals surface area contributed by atoms with Crippen LogP contribution in [0.15, 0.2) is 36.5 Å². The highest BCUT2D eigenvalue weighted by atomic mass is 14.9. The molecule has 0 spiro atoms. The van der Waals surface area contributed by atoms with Gasteiger partial charge in [0, 0.05) is 24.2 Å². The monoisotopic (exact) mass is 269 g/mol. The standard InChI is InChI=1S/C17H23N3/c1-12(2)15(11-18-4)17-19-10-9-16(20-17)14-7-5-13(3)6-8-14/h5-10,12,15,18H,11H2,1-4H3. The largest absolute Gasteiger partial charge is 0.319 e. The van der Waals surface area contributed by atoms with E-state index in [1.807, 2.05) is 19.3 Å². The molecule has 0 aliphatic carbocycles. The van der Waals surface area contributed by atoms with Crippen molar-refractivity contribution >= 4 is 0 Å². The highest BCUT2D eigenvalue weighted by Crippen LogP contribution is 2.23. The fourth-order valence-electron chi connectivity index (χ4n) is 2.28. The number of benzene rings is 1. The minimum Gasteiger partial charge on any atom is -0.319 e. The number of likely N-dealkylation sites (N-methyl/N-ethyl adjacent to an activating group) is 1. The van der Waals surface area contributed by atoms with E-state index in [0.717, 1.165) is 23.6 Å². The van der Waals surface area contributed by atoms with Crippen LogP contribution in [0.2, 0.25) is 0 Å². The molecular formula is C17H23N3. The third-order valence-corrected chi connectivity index (χ3v) is 3.58. The molecule has 2 rings (SSSR count). The number of hydrogen-bond donors (Lipinski definition) is 1. The van der Waals surface area contributed by atoms with Gasteiger partial charge in [-0.15, -0.1) is 0 Å². The zero-order valence-corrected chi connectivity index (χ0v) is 12.7. The lowest BCUT2D eigenvalue weighted by molar-refractivity contribution is 0.458. The van der Waals surface area contributed by atoms with E-state index in [2.05, 4.69) is 55.3 Å². The average molecular weight is 269 g/mol. The first-order chi connectivity index (χ1) is 9.61. The Labute approximate surface area is 121 Å². The number of rotatable bonds is 5. The van der Waals surface area contributed by atoms with Gasteiger partial charge in [0.05, 0.1) is 5.69 Å². The van der Waals surface area contributed by atoms with Crippen LogP contribution in [-0.4, -0.2) is 23.6 Å². The third-order valence-electron chi connectivity index (χ3n) is 3.58. The zero-order chi connectivity index (χ0) is 14.5. The average Bonchev–Trinajstić information content (AvgIpc) is 2.45. The topological polar surface area (TPSA) is 37.8 Å². The van der Waals surface area contributed by atoms with Crippen LogP contribution in [0.4, 0.5) is 0 Å². The SMILES string of the molecule is CNCC(c1nccc(-c2ccc(C)cc2)n1)C(C)C. The Bertz CT molecular complexity index is 546. The van der Waals surface area contributed by atoms with Crippen LogP contribution >= 0.6 is 0 Å². The Morgan fingerprint density at radius 2 is 1.80 bits per heavy atom. The summed E-state index contributed by atoms with van der Waals surface area (Å²) in [6, 6.07) is 10.4. The molecule has 1 unspecified atom stereocenters. The predicted octanol–water partition coefficient (Wildman–Crippen LogP) is 3.41. The van der Waals surface area contributed by atoms with Crippen molar-refractivity contribution in [1.82, 2.24) is 15.3 Å². The molecule has 0 bridgehead atoms. The third kappa shape index (κ3) is 3.42. The van der Waals surface area contributed by atoms with Crippen LogP contribution in [0.3, 0.4) is 0 Å². The van der Waals surface area contributed by atoms with Gasteiger partial charge in [0.1, 0.15) is 5.82 Å². The van der Waals surface area contributed by atoms with Gasteiger partial charge < -0.3 is 5.32 Å². The van der Waals surface area contributed by atoms with Crippen molar-refractivity contribution in [3.05, 3.63) is 47.9 Å². The number of aryl methyl sites for hydroxylation is 1. The Kier molecular flexibility index (Phi) is 4.85. The van der Waals surface area contributed by atoms with Gasteiger partial charge in [0.15, 0.2) is 0 Å². The quantitative estimate of drug-likeness (QED) is 0.904. The van der Waals surface area contributed by atoms with Crippen LogP contribution in [0, 0.1) is 12.8 Å². The van der Waals surface area contributed by atoms with Gasteiger partial charge in [-0.2, -0.15) is 0 Å². The van der Waals surface area contributed by atoms with Crippen molar-refractivity contribution in [1.29, 1.82) is 0 Å². The Balaban J connectivity index is 2.33. The molecule has 0 aliphatic rings. The molecule has 0 aliphatic heterocycles. The van der Waals surface area contributed by atoms with Crippen molar-refractivity contribution in [2.45, 2.75) is 26.7 Å². The molecule has 2 aromatic rings. The first kappa shape index (κ1) is 14.7. The van der Waals surface area contributed by atoms with Crippen LogP contribution < -0.4 is 5.32 Å². The molecule has 0 amide bonds. The van der Waals surface area contributed by atoms with Crippen molar-refractivity contribution in [3.63, 3.8) is 0 Å². The predicted molar refractivity (Wildman–Crippen MR) is 83.7 cm³/mol. The number of aromatic nitrogens is 2. The summed E-state index contributed by atoms with van der Waals surface area (Å²) in [4.78, 5) is 9.23. The normalized spacial score (nSPS) is 12.7. The van der Waals surface area contributed by atoms with Crippen LogP contribution in [0.1, 0.15) is 31.2 Å². The van der Waals surface area contributed by atoms with E-state index in [1.54, 1.807) is 0 Å². The lowest BCUT2D eigenvalue weighted by atomic mass is 9.94. The maximum Gasteiger partial charge on any atom is 0.133 e. The zero-order valence-electron chi connectivity index (χ0n) is 12.7. The summed E-state index contributed by atoms with van der Waals surface area (Å²) in [6.07, 6.45) is 1.86. The van der Waals surface area contributed by atoms with Gasteiger partial charge in [-0.05, 0) is 26.0 Å². The van der Waals surface area contributed by atoms with Crippen molar-refractivity contribution in [2.75, 3.05) is 13.6 Å². The molecule has 20 heavy (non-hydrogen) atoms.